The second-order valence-electron chi connectivity index (χ2n) is 3.48. The maximum Gasteiger partial charge on any atom is 0.356 e. The van der Waals surface area contributed by atoms with E-state index >= 15 is 0 Å². The van der Waals surface area contributed by atoms with Crippen LogP contribution in [0, 0.1) is 18.8 Å². The largest absolute Gasteiger partial charge is 0.464 e. The summed E-state index contributed by atoms with van der Waals surface area (Å²) in [6, 6.07) is 3.54. The van der Waals surface area contributed by atoms with Crippen molar-refractivity contribution in [3.63, 3.8) is 0 Å². The van der Waals surface area contributed by atoms with Crippen LogP contribution in [0.25, 0.3) is 0 Å². The Balaban J connectivity index is 2.87. The lowest BCUT2D eigenvalue weighted by Crippen LogP contribution is -2.07. The Bertz CT molecular complexity index is 457. The fourth-order valence-corrected chi connectivity index (χ4v) is 1.22. The highest BCUT2D eigenvalue weighted by molar-refractivity contribution is 5.88. The van der Waals surface area contributed by atoms with Crippen LogP contribution in [0.5, 0.6) is 0 Å². The van der Waals surface area contributed by atoms with E-state index in [2.05, 4.69) is 21.6 Å². The number of aryl methyl sites for hydroxylation is 1. The molecular formula is C13H15NO3. The average molecular weight is 233 g/mol. The van der Waals surface area contributed by atoms with Crippen molar-refractivity contribution in [3.8, 4) is 11.8 Å². The smallest absolute Gasteiger partial charge is 0.356 e. The summed E-state index contributed by atoms with van der Waals surface area (Å²) in [5.74, 6) is 5.27. The Hall–Kier alpha value is -1.86. The minimum absolute atomic E-state index is 0.128. The molecular weight excluding hydrogens is 218 g/mol. The number of rotatable bonds is 3. The Labute approximate surface area is 101 Å². The van der Waals surface area contributed by atoms with Crippen LogP contribution in [-0.4, -0.2) is 29.8 Å². The SMILES string of the molecule is COC(=O)c1nc(C#CCCCO)ccc1C. The number of pyridine rings is 1. The second-order valence-corrected chi connectivity index (χ2v) is 3.48. The molecule has 4 heteroatoms. The fraction of sp³-hybridized carbons (Fsp3) is 0.385. The maximum atomic E-state index is 11.4. The molecule has 0 aliphatic carbocycles. The van der Waals surface area contributed by atoms with E-state index in [1.54, 1.807) is 19.1 Å². The number of carbonyl (C=O) groups excluding carboxylic acids is 1. The minimum Gasteiger partial charge on any atom is -0.464 e. The average Bonchev–Trinajstić information content (AvgIpc) is 2.35. The van der Waals surface area contributed by atoms with E-state index in [4.69, 9.17) is 5.11 Å². The third-order valence-corrected chi connectivity index (χ3v) is 2.15. The molecule has 1 aromatic rings. The zero-order chi connectivity index (χ0) is 12.7. The third kappa shape index (κ3) is 3.89. The van der Waals surface area contributed by atoms with Crippen molar-refractivity contribution in [2.45, 2.75) is 19.8 Å². The van der Waals surface area contributed by atoms with E-state index in [1.165, 1.54) is 7.11 Å². The van der Waals surface area contributed by atoms with Gasteiger partial charge in [-0.05, 0) is 30.9 Å². The molecule has 0 aliphatic heterocycles. The van der Waals surface area contributed by atoms with E-state index < -0.39 is 5.97 Å². The van der Waals surface area contributed by atoms with Crippen molar-refractivity contribution in [1.82, 2.24) is 4.98 Å². The van der Waals surface area contributed by atoms with Gasteiger partial charge in [-0.15, -0.1) is 0 Å². The predicted molar refractivity (Wildman–Crippen MR) is 63.5 cm³/mol. The van der Waals surface area contributed by atoms with E-state index in [1.807, 2.05) is 0 Å². The second kappa shape index (κ2) is 6.66. The normalized spacial score (nSPS) is 9.35. The first-order valence-corrected chi connectivity index (χ1v) is 5.34. The first-order chi connectivity index (χ1) is 8.19. The topological polar surface area (TPSA) is 59.4 Å². The van der Waals surface area contributed by atoms with Crippen molar-refractivity contribution >= 4 is 5.97 Å². The van der Waals surface area contributed by atoms with Crippen LogP contribution in [0.15, 0.2) is 12.1 Å². The summed E-state index contributed by atoms with van der Waals surface area (Å²) in [6.07, 6.45) is 1.25. The standard InChI is InChI=1S/C13H15NO3/c1-10-7-8-11(6-4-3-5-9-15)14-12(10)13(16)17-2/h7-8,15H,3,5,9H2,1-2H3. The lowest BCUT2D eigenvalue weighted by Gasteiger charge is -2.02. The first kappa shape index (κ1) is 13.2. The number of aliphatic hydroxyl groups excluding tert-OH is 1. The Kier molecular flexibility index (Phi) is 5.18. The molecule has 0 bridgehead atoms. The zero-order valence-electron chi connectivity index (χ0n) is 9.99. The van der Waals surface area contributed by atoms with Gasteiger partial charge in [-0.1, -0.05) is 12.0 Å². The molecule has 17 heavy (non-hydrogen) atoms. The quantitative estimate of drug-likeness (QED) is 0.485. The van der Waals surface area contributed by atoms with Gasteiger partial charge < -0.3 is 9.84 Å². The number of methoxy groups -OCH3 is 1. The molecule has 0 spiro atoms. The van der Waals surface area contributed by atoms with Crippen LogP contribution >= 0.6 is 0 Å². The van der Waals surface area contributed by atoms with Crippen molar-refractivity contribution in [3.05, 3.63) is 29.1 Å². The molecule has 0 radical (unpaired) electrons. The molecule has 0 aromatic carbocycles. The third-order valence-electron chi connectivity index (χ3n) is 2.15. The van der Waals surface area contributed by atoms with Crippen LogP contribution < -0.4 is 0 Å². The molecule has 4 nitrogen and oxygen atoms in total. The molecule has 0 saturated heterocycles. The van der Waals surface area contributed by atoms with Gasteiger partial charge in [0.25, 0.3) is 0 Å². The van der Waals surface area contributed by atoms with Gasteiger partial charge >= 0.3 is 5.97 Å². The summed E-state index contributed by atoms with van der Waals surface area (Å²) in [6.45, 7) is 1.92. The van der Waals surface area contributed by atoms with Crippen molar-refractivity contribution in [1.29, 1.82) is 0 Å². The van der Waals surface area contributed by atoms with Gasteiger partial charge in [0, 0.05) is 13.0 Å². The van der Waals surface area contributed by atoms with Crippen LogP contribution in [0.1, 0.15) is 34.6 Å². The summed E-state index contributed by atoms with van der Waals surface area (Å²) < 4.78 is 4.63. The Morgan fingerprint density at radius 3 is 2.94 bits per heavy atom. The van der Waals surface area contributed by atoms with Crippen molar-refractivity contribution in [2.75, 3.05) is 13.7 Å². The Morgan fingerprint density at radius 1 is 1.53 bits per heavy atom. The lowest BCUT2D eigenvalue weighted by atomic mass is 10.2. The highest BCUT2D eigenvalue weighted by atomic mass is 16.5. The molecule has 90 valence electrons. The molecule has 0 amide bonds. The molecule has 0 atom stereocenters. The number of hydrogen-bond acceptors (Lipinski definition) is 4. The number of esters is 1. The van der Waals surface area contributed by atoms with E-state index in [9.17, 15) is 4.79 Å². The minimum atomic E-state index is -0.457. The Morgan fingerprint density at radius 2 is 2.29 bits per heavy atom. The number of nitrogens with zero attached hydrogens (tertiary/aromatic N) is 1. The monoisotopic (exact) mass is 233 g/mol. The van der Waals surface area contributed by atoms with Crippen molar-refractivity contribution < 1.29 is 14.6 Å². The highest BCUT2D eigenvalue weighted by Gasteiger charge is 2.10. The fourth-order valence-electron chi connectivity index (χ4n) is 1.22. The number of carbonyl (C=O) groups is 1. The number of aliphatic hydroxyl groups is 1. The maximum absolute atomic E-state index is 11.4. The van der Waals surface area contributed by atoms with E-state index in [0.29, 0.717) is 24.2 Å². The lowest BCUT2D eigenvalue weighted by molar-refractivity contribution is 0.0593. The number of unbranched alkanes of at least 4 members (excludes halogenated alkanes) is 1. The number of ether oxygens (including phenoxy) is 1. The molecule has 0 aliphatic rings. The molecule has 1 heterocycles. The summed E-state index contributed by atoms with van der Waals surface area (Å²) in [5, 5.41) is 8.60. The van der Waals surface area contributed by atoms with Gasteiger partial charge in [-0.25, -0.2) is 9.78 Å². The molecule has 1 N–H and O–H groups in total. The van der Waals surface area contributed by atoms with E-state index in [0.717, 1.165) is 5.56 Å². The van der Waals surface area contributed by atoms with Gasteiger partial charge in [-0.3, -0.25) is 0 Å². The summed E-state index contributed by atoms with van der Waals surface area (Å²) in [4.78, 5) is 15.5. The van der Waals surface area contributed by atoms with Gasteiger partial charge in [0.1, 0.15) is 5.69 Å². The van der Waals surface area contributed by atoms with Crippen LogP contribution in [0.3, 0.4) is 0 Å². The van der Waals surface area contributed by atoms with Gasteiger partial charge in [0.2, 0.25) is 0 Å². The molecule has 1 aromatic heterocycles. The summed E-state index contributed by atoms with van der Waals surface area (Å²) in [5.41, 5.74) is 1.59. The zero-order valence-corrected chi connectivity index (χ0v) is 9.99. The predicted octanol–water partition coefficient (Wildman–Crippen LogP) is 1.30. The molecule has 1 rings (SSSR count). The summed E-state index contributed by atoms with van der Waals surface area (Å²) >= 11 is 0. The van der Waals surface area contributed by atoms with Crippen LogP contribution in [0.4, 0.5) is 0 Å². The van der Waals surface area contributed by atoms with E-state index in [-0.39, 0.29) is 6.61 Å². The first-order valence-electron chi connectivity index (χ1n) is 5.34. The molecule has 0 unspecified atom stereocenters. The van der Waals surface area contributed by atoms with Crippen LogP contribution in [-0.2, 0) is 4.74 Å². The van der Waals surface area contributed by atoms with Crippen LogP contribution in [0.2, 0.25) is 0 Å². The van der Waals surface area contributed by atoms with Gasteiger partial charge in [0.15, 0.2) is 5.69 Å². The van der Waals surface area contributed by atoms with Gasteiger partial charge in [-0.2, -0.15) is 0 Å². The van der Waals surface area contributed by atoms with Crippen molar-refractivity contribution in [2.24, 2.45) is 0 Å². The molecule has 0 fully saturated rings. The summed E-state index contributed by atoms with van der Waals surface area (Å²) in [7, 11) is 1.32. The molecule has 0 saturated carbocycles. The number of hydrogen-bond donors (Lipinski definition) is 1. The van der Waals surface area contributed by atoms with Gasteiger partial charge in [0.05, 0.1) is 7.11 Å². The number of aromatic nitrogens is 1. The highest BCUT2D eigenvalue weighted by Crippen LogP contribution is 2.07.